The smallest absolute Gasteiger partial charge is 0.414 e. The Balaban J connectivity index is 1.56. The number of anilines is 2. The summed E-state index contributed by atoms with van der Waals surface area (Å²) in [6.07, 6.45) is 1.06. The van der Waals surface area contributed by atoms with Crippen LogP contribution in [0.2, 0.25) is 0 Å². The van der Waals surface area contributed by atoms with Crippen LogP contribution in [0.15, 0.2) is 121 Å². The molecule has 0 spiro atoms. The summed E-state index contributed by atoms with van der Waals surface area (Å²) in [7, 11) is 0. The van der Waals surface area contributed by atoms with E-state index in [1.54, 1.807) is 97.1 Å². The number of hydrogen-bond donors (Lipinski definition) is 4. The fraction of sp³-hybridized carbons (Fsp3) is 0.171. The van der Waals surface area contributed by atoms with Crippen molar-refractivity contribution in [1.29, 1.82) is 0 Å². The van der Waals surface area contributed by atoms with Crippen LogP contribution < -0.4 is 25.8 Å². The van der Waals surface area contributed by atoms with Crippen LogP contribution in [-0.4, -0.2) is 42.3 Å². The number of aliphatic hydroxyl groups excluding tert-OH is 1. The number of imide groups is 1. The molecule has 0 saturated carbocycles. The number of hydrogen-bond acceptors (Lipinski definition) is 8. The van der Waals surface area contributed by atoms with Crippen molar-refractivity contribution in [2.45, 2.75) is 25.0 Å². The van der Waals surface area contributed by atoms with E-state index in [4.69, 9.17) is 19.9 Å². The minimum atomic E-state index is -1.00. The van der Waals surface area contributed by atoms with Crippen LogP contribution in [0.1, 0.15) is 34.9 Å². The van der Waals surface area contributed by atoms with Crippen molar-refractivity contribution in [2.24, 2.45) is 0 Å². The van der Waals surface area contributed by atoms with Gasteiger partial charge in [0.15, 0.2) is 6.10 Å². The van der Waals surface area contributed by atoms with Gasteiger partial charge in [0, 0.05) is 5.56 Å². The molecule has 0 bridgehead atoms. The van der Waals surface area contributed by atoms with Crippen LogP contribution in [0, 0.1) is 0 Å². The molecule has 0 heterocycles. The van der Waals surface area contributed by atoms with Crippen LogP contribution in [0.4, 0.5) is 16.2 Å². The minimum absolute atomic E-state index is 0.0759. The second-order valence-corrected chi connectivity index (χ2v) is 9.82. The zero-order valence-corrected chi connectivity index (χ0v) is 24.5. The SMILES string of the molecule is Nc1ccccc1NC(=O)/C=C/CC[C@H](Oc1ccccc1)[C@@H](OC(=O)NC(=O)c1ccccc1)c1cccc(OCCO)c1. The van der Waals surface area contributed by atoms with E-state index in [9.17, 15) is 19.5 Å². The van der Waals surface area contributed by atoms with Crippen LogP contribution in [0.5, 0.6) is 11.5 Å². The number of nitrogen functional groups attached to an aromatic ring is 1. The van der Waals surface area contributed by atoms with Gasteiger partial charge in [-0.25, -0.2) is 4.79 Å². The molecule has 0 fully saturated rings. The number of amides is 3. The van der Waals surface area contributed by atoms with Gasteiger partial charge < -0.3 is 30.4 Å². The maximum atomic E-state index is 13.1. The monoisotopic (exact) mass is 609 g/mol. The summed E-state index contributed by atoms with van der Waals surface area (Å²) in [5.41, 5.74) is 7.71. The molecule has 0 radical (unpaired) electrons. The lowest BCUT2D eigenvalue weighted by Crippen LogP contribution is -2.36. The van der Waals surface area contributed by atoms with Gasteiger partial charge in [0.05, 0.1) is 18.0 Å². The lowest BCUT2D eigenvalue weighted by Gasteiger charge is -2.28. The summed E-state index contributed by atoms with van der Waals surface area (Å²) in [6.45, 7) is -0.100. The zero-order chi connectivity index (χ0) is 31.9. The van der Waals surface area contributed by atoms with E-state index < -0.39 is 24.2 Å². The molecule has 0 aliphatic rings. The highest BCUT2D eigenvalue weighted by Crippen LogP contribution is 2.31. The molecule has 0 saturated heterocycles. The number of nitrogens with one attached hydrogen (secondary N) is 2. The highest BCUT2D eigenvalue weighted by molar-refractivity contribution is 6.03. The van der Waals surface area contributed by atoms with Crippen molar-refractivity contribution in [3.63, 3.8) is 0 Å². The molecule has 0 aliphatic carbocycles. The molecule has 2 atom stereocenters. The first-order chi connectivity index (χ1) is 21.9. The van der Waals surface area contributed by atoms with Gasteiger partial charge in [0.1, 0.15) is 24.2 Å². The third-order valence-corrected chi connectivity index (χ3v) is 6.51. The first-order valence-corrected chi connectivity index (χ1v) is 14.4. The lowest BCUT2D eigenvalue weighted by atomic mass is 9.99. The van der Waals surface area contributed by atoms with Gasteiger partial charge in [0.2, 0.25) is 5.91 Å². The Kier molecular flexibility index (Phi) is 12.1. The molecular formula is C35H35N3O7. The Morgan fingerprint density at radius 3 is 2.27 bits per heavy atom. The van der Waals surface area contributed by atoms with E-state index in [0.717, 1.165) is 0 Å². The molecule has 5 N–H and O–H groups in total. The predicted molar refractivity (Wildman–Crippen MR) is 171 cm³/mol. The van der Waals surface area contributed by atoms with Gasteiger partial charge in [-0.05, 0) is 73.0 Å². The Morgan fingerprint density at radius 2 is 1.53 bits per heavy atom. The van der Waals surface area contributed by atoms with Crippen LogP contribution in [0.3, 0.4) is 0 Å². The number of carbonyl (C=O) groups excluding carboxylic acids is 3. The molecule has 232 valence electrons. The van der Waals surface area contributed by atoms with Crippen LogP contribution in [-0.2, 0) is 9.53 Å². The number of para-hydroxylation sites is 3. The van der Waals surface area contributed by atoms with Gasteiger partial charge in [0.25, 0.3) is 5.91 Å². The second kappa shape index (κ2) is 16.9. The van der Waals surface area contributed by atoms with Gasteiger partial charge in [-0.3, -0.25) is 14.9 Å². The van der Waals surface area contributed by atoms with Crippen molar-refractivity contribution in [3.8, 4) is 11.5 Å². The van der Waals surface area contributed by atoms with E-state index in [0.29, 0.717) is 46.8 Å². The molecular weight excluding hydrogens is 574 g/mol. The number of rotatable bonds is 14. The predicted octanol–water partition coefficient (Wildman–Crippen LogP) is 5.67. The van der Waals surface area contributed by atoms with Crippen molar-refractivity contribution in [3.05, 3.63) is 132 Å². The molecule has 10 nitrogen and oxygen atoms in total. The first kappa shape index (κ1) is 32.3. The summed E-state index contributed by atoms with van der Waals surface area (Å²) < 4.78 is 17.8. The topological polar surface area (TPSA) is 149 Å². The Hall–Kier alpha value is -5.61. The number of aliphatic hydroxyl groups is 1. The average molecular weight is 610 g/mol. The molecule has 0 unspecified atom stereocenters. The number of carbonyl (C=O) groups is 3. The van der Waals surface area contributed by atoms with Crippen LogP contribution >= 0.6 is 0 Å². The summed E-state index contributed by atoms with van der Waals surface area (Å²) in [5, 5.41) is 14.2. The third-order valence-electron chi connectivity index (χ3n) is 6.51. The van der Waals surface area contributed by atoms with E-state index in [-0.39, 0.29) is 19.1 Å². The average Bonchev–Trinajstić information content (AvgIpc) is 3.06. The molecule has 4 aromatic rings. The molecule has 45 heavy (non-hydrogen) atoms. The summed E-state index contributed by atoms with van der Waals surface area (Å²) >= 11 is 0. The largest absolute Gasteiger partial charge is 0.491 e. The Bertz CT molecular complexity index is 1580. The lowest BCUT2D eigenvalue weighted by molar-refractivity contribution is -0.111. The molecule has 0 aromatic heterocycles. The van der Waals surface area contributed by atoms with Gasteiger partial charge >= 0.3 is 6.09 Å². The molecule has 10 heteroatoms. The van der Waals surface area contributed by atoms with E-state index in [1.807, 2.05) is 18.2 Å². The Labute approximate surface area is 261 Å². The minimum Gasteiger partial charge on any atom is -0.491 e. The van der Waals surface area contributed by atoms with E-state index in [2.05, 4.69) is 10.6 Å². The molecule has 3 amide bonds. The standard InChI is InChI=1S/C35H35N3O7/c36-29-18-7-8-19-30(29)37-32(40)21-10-9-20-31(44-27-15-5-2-6-16-27)33(26-14-11-17-28(24-26)43-23-22-39)45-35(42)38-34(41)25-12-3-1-4-13-25/h1-8,10-19,21,24,31,33,39H,9,20,22-23,36H2,(H,37,40)(H,38,41,42)/b21-10+/t31-,33-/m0/s1. The maximum Gasteiger partial charge on any atom is 0.414 e. The Morgan fingerprint density at radius 1 is 0.844 bits per heavy atom. The fourth-order valence-corrected chi connectivity index (χ4v) is 4.38. The van der Waals surface area contributed by atoms with E-state index in [1.165, 1.54) is 6.08 Å². The number of alkyl carbamates (subject to hydrolysis) is 1. The molecule has 4 aromatic carbocycles. The molecule has 0 aliphatic heterocycles. The highest BCUT2D eigenvalue weighted by atomic mass is 16.6. The van der Waals surface area contributed by atoms with Crippen molar-refractivity contribution in [1.82, 2.24) is 5.32 Å². The normalized spacial score (nSPS) is 12.1. The van der Waals surface area contributed by atoms with Gasteiger partial charge in [-0.15, -0.1) is 0 Å². The number of benzene rings is 4. The van der Waals surface area contributed by atoms with Crippen molar-refractivity contribution < 1.29 is 33.7 Å². The third kappa shape index (κ3) is 10.3. The first-order valence-electron chi connectivity index (χ1n) is 14.4. The number of allylic oxidation sites excluding steroid dienone is 1. The number of ether oxygens (including phenoxy) is 3. The maximum absolute atomic E-state index is 13.1. The van der Waals surface area contributed by atoms with Gasteiger partial charge in [-0.2, -0.15) is 0 Å². The fourth-order valence-electron chi connectivity index (χ4n) is 4.38. The highest BCUT2D eigenvalue weighted by Gasteiger charge is 2.30. The summed E-state index contributed by atoms with van der Waals surface area (Å²) in [6, 6.07) is 31.1. The summed E-state index contributed by atoms with van der Waals surface area (Å²) in [4.78, 5) is 38.3. The quantitative estimate of drug-likeness (QED) is 0.106. The van der Waals surface area contributed by atoms with Crippen molar-refractivity contribution >= 4 is 29.3 Å². The van der Waals surface area contributed by atoms with Crippen LogP contribution in [0.25, 0.3) is 0 Å². The number of nitrogens with two attached hydrogens (primary N) is 1. The zero-order valence-electron chi connectivity index (χ0n) is 24.5. The van der Waals surface area contributed by atoms with Crippen molar-refractivity contribution in [2.75, 3.05) is 24.3 Å². The van der Waals surface area contributed by atoms with Gasteiger partial charge in [-0.1, -0.05) is 66.7 Å². The second-order valence-electron chi connectivity index (χ2n) is 9.82. The summed E-state index contributed by atoms with van der Waals surface area (Å²) in [5.74, 6) is 0.0126. The van der Waals surface area contributed by atoms with E-state index >= 15 is 0 Å². The molecule has 4 rings (SSSR count).